The van der Waals surface area contributed by atoms with Gasteiger partial charge in [0.05, 0.1) is 18.0 Å². The van der Waals surface area contributed by atoms with Gasteiger partial charge in [-0.2, -0.15) is 0 Å². The number of carbonyl (C=O) groups is 2. The topological polar surface area (TPSA) is 131 Å². The van der Waals surface area contributed by atoms with E-state index in [1.807, 2.05) is 0 Å². The highest BCUT2D eigenvalue weighted by atomic mass is 16.4. The molecule has 0 fully saturated rings. The van der Waals surface area contributed by atoms with Crippen molar-refractivity contribution >= 4 is 11.9 Å². The van der Waals surface area contributed by atoms with Gasteiger partial charge < -0.3 is 20.6 Å². The highest BCUT2D eigenvalue weighted by Crippen LogP contribution is 2.19. The molecule has 1 aromatic carbocycles. The molecule has 8 heteroatoms. The third kappa shape index (κ3) is 5.66. The number of carboxylic acids is 1. The number of nitrogens with two attached hydrogens (primary N) is 1. The lowest BCUT2D eigenvalue weighted by Gasteiger charge is -2.10. The maximum atomic E-state index is 12.0. The number of hydrogen-bond acceptors (Lipinski definition) is 6. The van der Waals surface area contributed by atoms with Crippen LogP contribution in [0.15, 0.2) is 28.7 Å². The van der Waals surface area contributed by atoms with Crippen LogP contribution in [-0.2, 0) is 11.2 Å². The Morgan fingerprint density at radius 1 is 1.19 bits per heavy atom. The molecule has 0 unspecified atom stereocenters. The predicted octanol–water partition coefficient (Wildman–Crippen LogP) is 2.00. The lowest BCUT2D eigenvalue weighted by molar-refractivity contribution is -0.122. The summed E-state index contributed by atoms with van der Waals surface area (Å²) in [6.07, 6.45) is 4.45. The predicted molar refractivity (Wildman–Crippen MR) is 95.5 cm³/mol. The monoisotopic (exact) mass is 360 g/mol. The van der Waals surface area contributed by atoms with Crippen LogP contribution in [-0.4, -0.2) is 39.8 Å². The van der Waals surface area contributed by atoms with Crippen LogP contribution in [0.25, 0.3) is 11.5 Å². The van der Waals surface area contributed by atoms with Crippen molar-refractivity contribution in [2.24, 2.45) is 5.73 Å². The first-order valence-corrected chi connectivity index (χ1v) is 8.70. The van der Waals surface area contributed by atoms with E-state index in [-0.39, 0.29) is 29.7 Å². The zero-order chi connectivity index (χ0) is 18.9. The summed E-state index contributed by atoms with van der Waals surface area (Å²) in [6.45, 7) is 2.74. The summed E-state index contributed by atoms with van der Waals surface area (Å²) < 4.78 is 5.52. The second-order valence-electron chi connectivity index (χ2n) is 6.05. The van der Waals surface area contributed by atoms with Gasteiger partial charge in [0, 0.05) is 12.1 Å². The average Bonchev–Trinajstić information content (AvgIpc) is 3.09. The first-order valence-electron chi connectivity index (χ1n) is 8.70. The fraction of sp³-hybridized carbons (Fsp3) is 0.444. The second-order valence-corrected chi connectivity index (χ2v) is 6.05. The molecule has 0 spiro atoms. The lowest BCUT2D eigenvalue weighted by Crippen LogP contribution is -2.42. The van der Waals surface area contributed by atoms with Crippen molar-refractivity contribution < 1.29 is 19.1 Å². The molecule has 4 N–H and O–H groups in total. The zero-order valence-corrected chi connectivity index (χ0v) is 14.8. The largest absolute Gasteiger partial charge is 0.478 e. The lowest BCUT2D eigenvalue weighted by atomic mass is 10.1. The molecule has 26 heavy (non-hydrogen) atoms. The number of carboxylic acid groups (broad SMARTS) is 1. The smallest absolute Gasteiger partial charge is 0.335 e. The minimum Gasteiger partial charge on any atom is -0.478 e. The summed E-state index contributed by atoms with van der Waals surface area (Å²) in [5.41, 5.74) is 6.66. The molecule has 0 saturated carbocycles. The molecule has 2 aromatic rings. The van der Waals surface area contributed by atoms with E-state index in [0.29, 0.717) is 12.1 Å². The number of benzene rings is 1. The van der Waals surface area contributed by atoms with Gasteiger partial charge in [-0.3, -0.25) is 4.79 Å². The van der Waals surface area contributed by atoms with E-state index in [1.54, 1.807) is 12.1 Å². The quantitative estimate of drug-likeness (QED) is 0.552. The first kappa shape index (κ1) is 19.6. The molecule has 0 saturated heterocycles. The number of hydrogen-bond donors (Lipinski definition) is 3. The van der Waals surface area contributed by atoms with Crippen LogP contribution in [0.4, 0.5) is 0 Å². The maximum Gasteiger partial charge on any atom is 0.335 e. The van der Waals surface area contributed by atoms with Crippen molar-refractivity contribution in [1.29, 1.82) is 0 Å². The molecular formula is C18H24N4O4. The van der Waals surface area contributed by atoms with E-state index < -0.39 is 12.0 Å². The summed E-state index contributed by atoms with van der Waals surface area (Å²) in [7, 11) is 0. The van der Waals surface area contributed by atoms with Crippen LogP contribution < -0.4 is 11.1 Å². The molecule has 0 bridgehead atoms. The number of carbonyl (C=O) groups excluding carboxylic acids is 1. The molecule has 1 heterocycles. The Labute approximate surface area is 151 Å². The Balaban J connectivity index is 1.86. The van der Waals surface area contributed by atoms with Gasteiger partial charge in [-0.1, -0.05) is 26.2 Å². The third-order valence-corrected chi connectivity index (χ3v) is 3.91. The van der Waals surface area contributed by atoms with Crippen molar-refractivity contribution in [3.8, 4) is 11.5 Å². The maximum absolute atomic E-state index is 12.0. The number of nitrogens with one attached hydrogen (secondary N) is 1. The normalized spacial score (nSPS) is 11.9. The summed E-state index contributed by atoms with van der Waals surface area (Å²) in [6, 6.07) is 5.33. The number of rotatable bonds is 10. The molecule has 1 atom stereocenters. The minimum atomic E-state index is -1.01. The van der Waals surface area contributed by atoms with Crippen molar-refractivity contribution in [2.75, 3.05) is 6.54 Å². The second kappa shape index (κ2) is 9.67. The van der Waals surface area contributed by atoms with Gasteiger partial charge in [-0.15, -0.1) is 10.2 Å². The number of nitrogens with zero attached hydrogens (tertiary/aromatic N) is 2. The molecule has 0 radical (unpaired) electrons. The summed E-state index contributed by atoms with van der Waals surface area (Å²) in [4.78, 5) is 22.8. The highest BCUT2D eigenvalue weighted by molar-refractivity contribution is 5.88. The van der Waals surface area contributed by atoms with Gasteiger partial charge in [-0.05, 0) is 30.7 Å². The van der Waals surface area contributed by atoms with E-state index in [4.69, 9.17) is 15.3 Å². The molecule has 8 nitrogen and oxygen atoms in total. The Kier molecular flexibility index (Phi) is 7.28. The molecule has 0 aliphatic rings. The van der Waals surface area contributed by atoms with E-state index >= 15 is 0 Å². The SMILES string of the molecule is CCCCCCNC(=O)[C@@H](N)Cc1nnc(-c2ccc(C(=O)O)cc2)o1. The van der Waals surface area contributed by atoms with Crippen LogP contribution in [0.5, 0.6) is 0 Å². The Bertz CT molecular complexity index is 727. The standard InChI is InChI=1S/C18H24N4O4/c1-2-3-4-5-10-20-16(23)14(19)11-15-21-22-17(26-15)12-6-8-13(9-7-12)18(24)25/h6-9,14H,2-5,10-11,19H2,1H3,(H,20,23)(H,24,25)/t14-/m0/s1. The van der Waals surface area contributed by atoms with Crippen LogP contribution in [0.3, 0.4) is 0 Å². The van der Waals surface area contributed by atoms with Gasteiger partial charge in [0.1, 0.15) is 0 Å². The number of aromatic nitrogens is 2. The van der Waals surface area contributed by atoms with Gasteiger partial charge in [0.2, 0.25) is 17.7 Å². The van der Waals surface area contributed by atoms with E-state index in [0.717, 1.165) is 25.7 Å². The van der Waals surface area contributed by atoms with Crippen LogP contribution >= 0.6 is 0 Å². The molecule has 1 aromatic heterocycles. The first-order chi connectivity index (χ1) is 12.5. The zero-order valence-electron chi connectivity index (χ0n) is 14.8. The van der Waals surface area contributed by atoms with Crippen LogP contribution in [0.1, 0.15) is 48.9 Å². The number of aromatic carboxylic acids is 1. The summed E-state index contributed by atoms with van der Waals surface area (Å²) in [5, 5.41) is 19.5. The van der Waals surface area contributed by atoms with Gasteiger partial charge in [0.25, 0.3) is 0 Å². The highest BCUT2D eigenvalue weighted by Gasteiger charge is 2.18. The molecule has 2 rings (SSSR count). The number of unbranched alkanes of at least 4 members (excludes halogenated alkanes) is 3. The van der Waals surface area contributed by atoms with E-state index in [2.05, 4.69) is 22.4 Å². The summed E-state index contributed by atoms with van der Waals surface area (Å²) >= 11 is 0. The van der Waals surface area contributed by atoms with Gasteiger partial charge in [-0.25, -0.2) is 4.79 Å². The average molecular weight is 360 g/mol. The van der Waals surface area contributed by atoms with E-state index in [1.165, 1.54) is 12.1 Å². The summed E-state index contributed by atoms with van der Waals surface area (Å²) in [5.74, 6) is -0.735. The number of amides is 1. The van der Waals surface area contributed by atoms with Crippen LogP contribution in [0.2, 0.25) is 0 Å². The molecule has 0 aliphatic carbocycles. The minimum absolute atomic E-state index is 0.140. The third-order valence-electron chi connectivity index (χ3n) is 3.91. The van der Waals surface area contributed by atoms with Crippen molar-refractivity contribution in [2.45, 2.75) is 45.1 Å². The van der Waals surface area contributed by atoms with E-state index in [9.17, 15) is 9.59 Å². The Morgan fingerprint density at radius 3 is 2.58 bits per heavy atom. The van der Waals surface area contributed by atoms with Crippen LogP contribution in [0, 0.1) is 0 Å². The van der Waals surface area contributed by atoms with Gasteiger partial charge in [0.15, 0.2) is 0 Å². The van der Waals surface area contributed by atoms with Crippen molar-refractivity contribution in [3.05, 3.63) is 35.7 Å². The van der Waals surface area contributed by atoms with Crippen molar-refractivity contribution in [3.63, 3.8) is 0 Å². The van der Waals surface area contributed by atoms with Crippen molar-refractivity contribution in [1.82, 2.24) is 15.5 Å². The fourth-order valence-electron chi connectivity index (χ4n) is 2.38. The molecule has 0 aliphatic heterocycles. The molecular weight excluding hydrogens is 336 g/mol. The Hall–Kier alpha value is -2.74. The molecule has 140 valence electrons. The fourth-order valence-corrected chi connectivity index (χ4v) is 2.38. The Morgan fingerprint density at radius 2 is 1.92 bits per heavy atom. The van der Waals surface area contributed by atoms with Gasteiger partial charge >= 0.3 is 5.97 Å². The molecule has 1 amide bonds.